The van der Waals surface area contributed by atoms with Gasteiger partial charge in [0.15, 0.2) is 0 Å². The minimum Gasteiger partial charge on any atom is -0.615 e. The van der Waals surface area contributed by atoms with E-state index in [1.165, 1.54) is 30.5 Å². The highest BCUT2D eigenvalue weighted by Crippen LogP contribution is 2.19. The standard InChI is InChI=1S/C8H10O3S2/c1-12-8(13(2)10)7(9)6-3-4-11-5-6/h3-5,8H,1-2H3. The molecule has 5 heteroatoms. The summed E-state index contributed by atoms with van der Waals surface area (Å²) in [5.41, 5.74) is 0.481. The molecule has 0 bridgehead atoms. The Kier molecular flexibility index (Phi) is 3.90. The van der Waals surface area contributed by atoms with Gasteiger partial charge in [-0.05, 0) is 23.5 Å². The van der Waals surface area contributed by atoms with Crippen molar-refractivity contribution in [1.82, 2.24) is 0 Å². The zero-order valence-electron chi connectivity index (χ0n) is 7.35. The van der Waals surface area contributed by atoms with E-state index in [0.717, 1.165) is 0 Å². The van der Waals surface area contributed by atoms with Crippen LogP contribution in [0.15, 0.2) is 23.0 Å². The Balaban J connectivity index is 2.77. The molecule has 0 fully saturated rings. The van der Waals surface area contributed by atoms with Crippen molar-refractivity contribution in [1.29, 1.82) is 0 Å². The summed E-state index contributed by atoms with van der Waals surface area (Å²) in [7, 11) is 0. The van der Waals surface area contributed by atoms with Crippen molar-refractivity contribution in [3.63, 3.8) is 0 Å². The van der Waals surface area contributed by atoms with Gasteiger partial charge in [-0.15, -0.1) is 11.8 Å². The van der Waals surface area contributed by atoms with Crippen molar-refractivity contribution >= 4 is 28.7 Å². The summed E-state index contributed by atoms with van der Waals surface area (Å²) in [6.07, 6.45) is 6.10. The van der Waals surface area contributed by atoms with E-state index >= 15 is 0 Å². The topological polar surface area (TPSA) is 53.3 Å². The fraction of sp³-hybridized carbons (Fsp3) is 0.375. The Bertz CT molecular complexity index is 269. The van der Waals surface area contributed by atoms with Gasteiger partial charge in [0.2, 0.25) is 10.4 Å². The lowest BCUT2D eigenvalue weighted by Gasteiger charge is -2.13. The van der Waals surface area contributed by atoms with Crippen LogP contribution in [0.4, 0.5) is 0 Å². The van der Waals surface area contributed by atoms with Crippen LogP contribution in [0, 0.1) is 0 Å². The molecule has 72 valence electrons. The molecule has 2 unspecified atom stereocenters. The lowest BCUT2D eigenvalue weighted by atomic mass is 10.2. The first-order valence-corrected chi connectivity index (χ1v) is 6.49. The summed E-state index contributed by atoms with van der Waals surface area (Å²) in [5, 5.41) is 0. The number of ketones is 1. The van der Waals surface area contributed by atoms with Crippen LogP contribution in [0.2, 0.25) is 0 Å². The van der Waals surface area contributed by atoms with Gasteiger partial charge in [-0.25, -0.2) is 0 Å². The summed E-state index contributed by atoms with van der Waals surface area (Å²) in [6.45, 7) is 0. The quantitative estimate of drug-likeness (QED) is 0.568. The lowest BCUT2D eigenvalue weighted by Crippen LogP contribution is -2.25. The molecule has 1 aromatic heterocycles. The van der Waals surface area contributed by atoms with Crippen molar-refractivity contribution in [2.24, 2.45) is 0 Å². The van der Waals surface area contributed by atoms with E-state index < -0.39 is 15.8 Å². The molecule has 2 atom stereocenters. The molecule has 13 heavy (non-hydrogen) atoms. The number of hydrogen-bond acceptors (Lipinski definition) is 4. The highest BCUT2D eigenvalue weighted by atomic mass is 32.3. The molecule has 1 heterocycles. The molecular formula is C8H10O3S2. The first-order chi connectivity index (χ1) is 6.16. The third kappa shape index (κ3) is 2.52. The number of rotatable bonds is 4. The molecule has 0 radical (unpaired) electrons. The Hall–Kier alpha value is -0.390. The average Bonchev–Trinajstić information content (AvgIpc) is 2.56. The Labute approximate surface area is 84.1 Å². The highest BCUT2D eigenvalue weighted by molar-refractivity contribution is 8.14. The highest BCUT2D eigenvalue weighted by Gasteiger charge is 2.27. The molecular weight excluding hydrogens is 208 g/mol. The largest absolute Gasteiger partial charge is 0.615 e. The van der Waals surface area contributed by atoms with Crippen LogP contribution in [0.3, 0.4) is 0 Å². The molecule has 0 aromatic carbocycles. The van der Waals surface area contributed by atoms with Crippen LogP contribution >= 0.6 is 11.8 Å². The van der Waals surface area contributed by atoms with Crippen LogP contribution in [-0.4, -0.2) is 27.4 Å². The first kappa shape index (κ1) is 10.7. The fourth-order valence-corrected chi connectivity index (χ4v) is 2.81. The molecule has 0 saturated heterocycles. The van der Waals surface area contributed by atoms with E-state index in [0.29, 0.717) is 5.56 Å². The monoisotopic (exact) mass is 218 g/mol. The second-order valence-corrected chi connectivity index (χ2v) is 5.15. The number of Topliss-reactive ketones (excluding diaryl/α,β-unsaturated/α-hetero) is 1. The molecule has 0 spiro atoms. The van der Waals surface area contributed by atoms with Gasteiger partial charge in [0.05, 0.1) is 18.1 Å². The molecule has 0 saturated carbocycles. The van der Waals surface area contributed by atoms with Crippen molar-refractivity contribution in [3.8, 4) is 0 Å². The SMILES string of the molecule is CSC(C(=O)c1ccoc1)[S+](C)[O-]. The normalized spacial score (nSPS) is 15.3. The molecule has 1 rings (SSSR count). The molecule has 0 aliphatic rings. The maximum atomic E-state index is 11.6. The van der Waals surface area contributed by atoms with Crippen molar-refractivity contribution in [3.05, 3.63) is 24.2 Å². The van der Waals surface area contributed by atoms with E-state index in [2.05, 4.69) is 0 Å². The van der Waals surface area contributed by atoms with Gasteiger partial charge in [0.25, 0.3) is 0 Å². The molecule has 0 aliphatic carbocycles. The number of carbonyl (C=O) groups excluding carboxylic acids is 1. The smallest absolute Gasteiger partial charge is 0.228 e. The Morgan fingerprint density at radius 2 is 2.46 bits per heavy atom. The average molecular weight is 218 g/mol. The van der Waals surface area contributed by atoms with E-state index in [-0.39, 0.29) is 5.78 Å². The zero-order chi connectivity index (χ0) is 9.84. The number of carbonyl (C=O) groups is 1. The first-order valence-electron chi connectivity index (χ1n) is 3.58. The minimum absolute atomic E-state index is 0.137. The molecule has 0 amide bonds. The Morgan fingerprint density at radius 1 is 1.77 bits per heavy atom. The second-order valence-electron chi connectivity index (χ2n) is 2.44. The van der Waals surface area contributed by atoms with Crippen LogP contribution in [0.1, 0.15) is 10.4 Å². The minimum atomic E-state index is -1.15. The van der Waals surface area contributed by atoms with Crippen molar-refractivity contribution < 1.29 is 13.8 Å². The number of hydrogen-bond donors (Lipinski definition) is 0. The maximum Gasteiger partial charge on any atom is 0.228 e. The van der Waals surface area contributed by atoms with Gasteiger partial charge in [-0.2, -0.15) is 0 Å². The summed E-state index contributed by atoms with van der Waals surface area (Å²) in [4.78, 5) is 11.6. The maximum absolute atomic E-state index is 11.6. The number of thioether (sulfide) groups is 1. The lowest BCUT2D eigenvalue weighted by molar-refractivity contribution is 0.101. The molecule has 0 N–H and O–H groups in total. The van der Waals surface area contributed by atoms with Gasteiger partial charge in [-0.1, -0.05) is 0 Å². The van der Waals surface area contributed by atoms with Crippen LogP contribution in [0.5, 0.6) is 0 Å². The van der Waals surface area contributed by atoms with E-state index in [4.69, 9.17) is 4.42 Å². The molecule has 1 aromatic rings. The summed E-state index contributed by atoms with van der Waals surface area (Å²) < 4.78 is 15.4. The second kappa shape index (κ2) is 4.74. The van der Waals surface area contributed by atoms with Crippen LogP contribution in [0.25, 0.3) is 0 Å². The van der Waals surface area contributed by atoms with Gasteiger partial charge >= 0.3 is 0 Å². The zero-order valence-corrected chi connectivity index (χ0v) is 8.98. The molecule has 0 aliphatic heterocycles. The van der Waals surface area contributed by atoms with Crippen molar-refractivity contribution in [2.45, 2.75) is 4.58 Å². The summed E-state index contributed by atoms with van der Waals surface area (Å²) in [5.74, 6) is -0.137. The van der Waals surface area contributed by atoms with E-state index in [1.807, 2.05) is 0 Å². The third-order valence-corrected chi connectivity index (χ3v) is 4.38. The third-order valence-electron chi connectivity index (χ3n) is 1.54. The van der Waals surface area contributed by atoms with Crippen molar-refractivity contribution in [2.75, 3.05) is 12.5 Å². The fourth-order valence-electron chi connectivity index (χ4n) is 0.934. The van der Waals surface area contributed by atoms with Crippen LogP contribution in [-0.2, 0) is 11.2 Å². The Morgan fingerprint density at radius 3 is 2.85 bits per heavy atom. The summed E-state index contributed by atoms with van der Waals surface area (Å²) in [6, 6.07) is 1.58. The van der Waals surface area contributed by atoms with E-state index in [1.54, 1.807) is 12.3 Å². The predicted molar refractivity (Wildman–Crippen MR) is 54.4 cm³/mol. The van der Waals surface area contributed by atoms with Gasteiger partial charge in [-0.3, -0.25) is 4.79 Å². The molecule has 3 nitrogen and oxygen atoms in total. The summed E-state index contributed by atoms with van der Waals surface area (Å²) >= 11 is 0.147. The predicted octanol–water partition coefficient (Wildman–Crippen LogP) is 1.53. The van der Waals surface area contributed by atoms with Crippen LogP contribution < -0.4 is 0 Å². The van der Waals surface area contributed by atoms with Gasteiger partial charge in [0, 0.05) is 0 Å². The number of furan rings is 1. The van der Waals surface area contributed by atoms with Gasteiger partial charge < -0.3 is 8.97 Å². The van der Waals surface area contributed by atoms with E-state index in [9.17, 15) is 9.35 Å². The van der Waals surface area contributed by atoms with Gasteiger partial charge in [0.1, 0.15) is 6.26 Å².